The second-order valence-corrected chi connectivity index (χ2v) is 6.44. The van der Waals surface area contributed by atoms with E-state index in [2.05, 4.69) is 5.32 Å². The molecule has 0 heterocycles. The Hall–Kier alpha value is -1.96. The number of hydrogen-bond acceptors (Lipinski definition) is 6. The number of carbonyl (C=O) groups is 1. The smallest absolute Gasteiger partial charge is 0.253 e. The summed E-state index contributed by atoms with van der Waals surface area (Å²) < 4.78 is 32.1. The molecule has 0 spiro atoms. The van der Waals surface area contributed by atoms with Gasteiger partial charge in [-0.2, -0.15) is 0 Å². The summed E-state index contributed by atoms with van der Waals surface area (Å²) >= 11 is 0. The van der Waals surface area contributed by atoms with Crippen molar-refractivity contribution in [1.82, 2.24) is 5.32 Å². The van der Waals surface area contributed by atoms with Crippen molar-refractivity contribution in [2.45, 2.75) is 0 Å². The van der Waals surface area contributed by atoms with Gasteiger partial charge in [-0.15, -0.1) is 0 Å². The van der Waals surface area contributed by atoms with Crippen molar-refractivity contribution < 1.29 is 22.7 Å². The van der Waals surface area contributed by atoms with Crippen LogP contribution in [-0.2, 0) is 9.84 Å². The SMILES string of the molecule is COc1cc(N)c(C(=O)NCCS(C)(=O)=O)cc1OC. The van der Waals surface area contributed by atoms with Crippen LogP contribution in [0.2, 0.25) is 0 Å². The summed E-state index contributed by atoms with van der Waals surface area (Å²) in [5.74, 6) is 0.186. The minimum Gasteiger partial charge on any atom is -0.493 e. The van der Waals surface area contributed by atoms with Crippen LogP contribution in [0.5, 0.6) is 11.5 Å². The Bertz CT molecular complexity index is 598. The second-order valence-electron chi connectivity index (χ2n) is 4.18. The van der Waals surface area contributed by atoms with E-state index in [0.717, 1.165) is 6.26 Å². The largest absolute Gasteiger partial charge is 0.493 e. The molecule has 8 heteroatoms. The highest BCUT2D eigenvalue weighted by Crippen LogP contribution is 2.31. The zero-order valence-electron chi connectivity index (χ0n) is 11.6. The molecule has 0 saturated heterocycles. The molecule has 0 aliphatic heterocycles. The molecule has 0 unspecified atom stereocenters. The summed E-state index contributed by atoms with van der Waals surface area (Å²) in [7, 11) is -0.221. The lowest BCUT2D eigenvalue weighted by Gasteiger charge is -2.12. The summed E-state index contributed by atoms with van der Waals surface area (Å²) in [5, 5.41) is 2.49. The van der Waals surface area contributed by atoms with E-state index in [4.69, 9.17) is 15.2 Å². The van der Waals surface area contributed by atoms with Gasteiger partial charge in [0.15, 0.2) is 11.5 Å². The van der Waals surface area contributed by atoms with Gasteiger partial charge in [0.25, 0.3) is 5.91 Å². The Morgan fingerprint density at radius 2 is 1.80 bits per heavy atom. The molecule has 0 atom stereocenters. The van der Waals surface area contributed by atoms with Crippen LogP contribution in [0.4, 0.5) is 5.69 Å². The van der Waals surface area contributed by atoms with Crippen LogP contribution < -0.4 is 20.5 Å². The number of hydrogen-bond donors (Lipinski definition) is 2. The number of carbonyl (C=O) groups excluding carboxylic acids is 1. The van der Waals surface area contributed by atoms with Crippen LogP contribution in [0.25, 0.3) is 0 Å². The van der Waals surface area contributed by atoms with Gasteiger partial charge in [0.2, 0.25) is 0 Å². The highest BCUT2D eigenvalue weighted by molar-refractivity contribution is 7.90. The fourth-order valence-corrected chi connectivity index (χ4v) is 2.01. The third kappa shape index (κ3) is 4.30. The van der Waals surface area contributed by atoms with Crippen molar-refractivity contribution in [2.75, 3.05) is 38.5 Å². The maximum Gasteiger partial charge on any atom is 0.253 e. The van der Waals surface area contributed by atoms with Crippen LogP contribution in [0, 0.1) is 0 Å². The Morgan fingerprint density at radius 3 is 2.30 bits per heavy atom. The van der Waals surface area contributed by atoms with Gasteiger partial charge in [0.1, 0.15) is 9.84 Å². The molecule has 0 radical (unpaired) electrons. The molecule has 0 fully saturated rings. The van der Waals surface area contributed by atoms with Gasteiger partial charge in [0, 0.05) is 24.6 Å². The van der Waals surface area contributed by atoms with E-state index in [1.807, 2.05) is 0 Å². The topological polar surface area (TPSA) is 108 Å². The first-order valence-corrected chi connectivity index (χ1v) is 7.82. The molecule has 7 nitrogen and oxygen atoms in total. The van der Waals surface area contributed by atoms with E-state index in [1.54, 1.807) is 0 Å². The maximum absolute atomic E-state index is 11.9. The van der Waals surface area contributed by atoms with E-state index in [1.165, 1.54) is 26.4 Å². The van der Waals surface area contributed by atoms with E-state index < -0.39 is 15.7 Å². The predicted octanol–water partition coefficient (Wildman–Crippen LogP) is 0.0604. The molecular weight excluding hydrogens is 284 g/mol. The summed E-state index contributed by atoms with van der Waals surface area (Å²) in [6, 6.07) is 2.92. The maximum atomic E-state index is 11.9. The Kier molecular flexibility index (Phi) is 5.20. The zero-order chi connectivity index (χ0) is 15.3. The molecule has 0 aromatic heterocycles. The Labute approximate surface area is 118 Å². The number of sulfone groups is 1. The van der Waals surface area contributed by atoms with Crippen molar-refractivity contribution in [3.05, 3.63) is 17.7 Å². The highest BCUT2D eigenvalue weighted by Gasteiger charge is 2.15. The van der Waals surface area contributed by atoms with Gasteiger partial charge >= 0.3 is 0 Å². The molecule has 0 aliphatic carbocycles. The zero-order valence-corrected chi connectivity index (χ0v) is 12.4. The fourth-order valence-electron chi connectivity index (χ4n) is 1.54. The second kappa shape index (κ2) is 6.47. The minimum atomic E-state index is -3.13. The van der Waals surface area contributed by atoms with E-state index in [0.29, 0.717) is 11.5 Å². The molecule has 112 valence electrons. The first-order valence-electron chi connectivity index (χ1n) is 5.76. The molecule has 0 aliphatic rings. The lowest BCUT2D eigenvalue weighted by atomic mass is 10.1. The molecule has 20 heavy (non-hydrogen) atoms. The summed E-state index contributed by atoms with van der Waals surface area (Å²) in [4.78, 5) is 11.9. The molecule has 1 amide bonds. The number of methoxy groups -OCH3 is 2. The number of nitrogens with one attached hydrogen (secondary N) is 1. The number of nitrogen functional groups attached to an aromatic ring is 1. The van der Waals surface area contributed by atoms with Crippen LogP contribution in [0.3, 0.4) is 0 Å². The van der Waals surface area contributed by atoms with Gasteiger partial charge in [-0.05, 0) is 6.07 Å². The predicted molar refractivity (Wildman–Crippen MR) is 76.0 cm³/mol. The van der Waals surface area contributed by atoms with E-state index >= 15 is 0 Å². The van der Waals surface area contributed by atoms with Gasteiger partial charge in [-0.1, -0.05) is 0 Å². The first kappa shape index (κ1) is 16.1. The van der Waals surface area contributed by atoms with Gasteiger partial charge in [0.05, 0.1) is 25.5 Å². The molecule has 3 N–H and O–H groups in total. The molecule has 0 bridgehead atoms. The molecule has 1 rings (SSSR count). The van der Waals surface area contributed by atoms with Gasteiger partial charge in [-0.3, -0.25) is 4.79 Å². The summed E-state index contributed by atoms with van der Waals surface area (Å²) in [6.07, 6.45) is 1.10. The number of nitrogens with two attached hydrogens (primary N) is 1. The fraction of sp³-hybridized carbons (Fsp3) is 0.417. The number of ether oxygens (including phenoxy) is 2. The van der Waals surface area contributed by atoms with Crippen molar-refractivity contribution >= 4 is 21.4 Å². The molecule has 1 aromatic carbocycles. The highest BCUT2D eigenvalue weighted by atomic mass is 32.2. The minimum absolute atomic E-state index is 0.0193. The molecular formula is C12H18N2O5S. The van der Waals surface area contributed by atoms with E-state index in [9.17, 15) is 13.2 Å². The average Bonchev–Trinajstić information content (AvgIpc) is 2.36. The quantitative estimate of drug-likeness (QED) is 0.719. The summed E-state index contributed by atoms with van der Waals surface area (Å²) in [6.45, 7) is 0.0193. The Morgan fingerprint density at radius 1 is 1.25 bits per heavy atom. The monoisotopic (exact) mass is 302 g/mol. The lowest BCUT2D eigenvalue weighted by Crippen LogP contribution is -2.29. The van der Waals surface area contributed by atoms with Gasteiger partial charge < -0.3 is 20.5 Å². The third-order valence-corrected chi connectivity index (χ3v) is 3.50. The average molecular weight is 302 g/mol. The summed E-state index contributed by atoms with van der Waals surface area (Å²) in [5.41, 5.74) is 6.19. The van der Waals surface area contributed by atoms with Crippen LogP contribution in [-0.4, -0.2) is 47.1 Å². The van der Waals surface area contributed by atoms with Crippen LogP contribution in [0.15, 0.2) is 12.1 Å². The Balaban J connectivity index is 2.88. The van der Waals surface area contributed by atoms with Crippen LogP contribution in [0.1, 0.15) is 10.4 Å². The van der Waals surface area contributed by atoms with Crippen molar-refractivity contribution in [1.29, 1.82) is 0 Å². The standard InChI is InChI=1S/C12H18N2O5S/c1-18-10-6-8(9(13)7-11(10)19-2)12(15)14-4-5-20(3,16)17/h6-7H,4-5,13H2,1-3H3,(H,14,15). The number of benzene rings is 1. The van der Waals surface area contributed by atoms with Crippen molar-refractivity contribution in [3.63, 3.8) is 0 Å². The van der Waals surface area contributed by atoms with Crippen molar-refractivity contribution in [2.24, 2.45) is 0 Å². The molecule has 0 saturated carbocycles. The number of rotatable bonds is 6. The van der Waals surface area contributed by atoms with Crippen molar-refractivity contribution in [3.8, 4) is 11.5 Å². The van der Waals surface area contributed by atoms with E-state index in [-0.39, 0.29) is 23.5 Å². The normalized spacial score (nSPS) is 10.9. The molecule has 1 aromatic rings. The first-order chi connectivity index (χ1) is 9.28. The van der Waals surface area contributed by atoms with Crippen LogP contribution >= 0.6 is 0 Å². The third-order valence-electron chi connectivity index (χ3n) is 2.56. The van der Waals surface area contributed by atoms with Gasteiger partial charge in [-0.25, -0.2) is 8.42 Å². The number of anilines is 1. The lowest BCUT2D eigenvalue weighted by molar-refractivity contribution is 0.0956. The number of amides is 1.